The molecule has 8 atom stereocenters. The zero-order valence-electron chi connectivity index (χ0n) is 25.0. The standard InChI is InChI=1S/C29H50O8Si/c1-15(2)38(16(3)4,17(5)6)37-23-13-20-12-21(30)26(32)18(7)11-24-29(9,10)27(28(33)35-24)36-25(31)14-22(34-20)19(23)8/h15-20,22-24,27-28,33H,11-14H2,1-10H3/t18-,19-,20+,22-,23-,24+,27+,28?/m0/s1. The normalized spacial score (nSPS) is 37.1. The maximum atomic E-state index is 13.2. The van der Waals surface area contributed by atoms with Gasteiger partial charge >= 0.3 is 5.97 Å². The van der Waals surface area contributed by atoms with E-state index in [1.165, 1.54) is 0 Å². The number of carbonyl (C=O) groups is 3. The highest BCUT2D eigenvalue weighted by atomic mass is 28.4. The Morgan fingerprint density at radius 2 is 1.50 bits per heavy atom. The van der Waals surface area contributed by atoms with Crippen LogP contribution in [-0.2, 0) is 33.0 Å². The lowest BCUT2D eigenvalue weighted by Crippen LogP contribution is -2.55. The highest BCUT2D eigenvalue weighted by Crippen LogP contribution is 2.46. The molecule has 0 amide bonds. The summed E-state index contributed by atoms with van der Waals surface area (Å²) in [6.45, 7) is 20.8. The monoisotopic (exact) mass is 554 g/mol. The van der Waals surface area contributed by atoms with Crippen LogP contribution in [0.3, 0.4) is 0 Å². The maximum absolute atomic E-state index is 13.2. The van der Waals surface area contributed by atoms with Crippen LogP contribution in [0.2, 0.25) is 16.6 Å². The second kappa shape index (κ2) is 11.8. The van der Waals surface area contributed by atoms with Crippen molar-refractivity contribution in [3.8, 4) is 0 Å². The van der Waals surface area contributed by atoms with Gasteiger partial charge in [-0.15, -0.1) is 0 Å². The van der Waals surface area contributed by atoms with Crippen molar-refractivity contribution >= 4 is 25.9 Å². The third kappa shape index (κ3) is 5.97. The Morgan fingerprint density at radius 1 is 0.921 bits per heavy atom. The molecule has 1 unspecified atom stereocenters. The molecular formula is C29H50O8Si. The molecule has 0 spiro atoms. The fourth-order valence-electron chi connectivity index (χ4n) is 7.23. The van der Waals surface area contributed by atoms with E-state index in [1.54, 1.807) is 6.92 Å². The molecule has 218 valence electrons. The minimum absolute atomic E-state index is 0.0282. The van der Waals surface area contributed by atoms with E-state index in [1.807, 2.05) is 20.8 Å². The molecular weight excluding hydrogens is 504 g/mol. The summed E-state index contributed by atoms with van der Waals surface area (Å²) in [4.78, 5) is 39.4. The topological polar surface area (TPSA) is 108 Å². The zero-order chi connectivity index (χ0) is 28.7. The van der Waals surface area contributed by atoms with Crippen molar-refractivity contribution in [1.29, 1.82) is 0 Å². The molecule has 0 aromatic heterocycles. The van der Waals surface area contributed by atoms with E-state index in [0.717, 1.165) is 0 Å². The van der Waals surface area contributed by atoms with Crippen molar-refractivity contribution in [3.05, 3.63) is 0 Å². The first-order chi connectivity index (χ1) is 17.5. The third-order valence-electron chi connectivity index (χ3n) is 9.55. The summed E-state index contributed by atoms with van der Waals surface area (Å²) >= 11 is 0. The van der Waals surface area contributed by atoms with E-state index < -0.39 is 67.9 Å². The van der Waals surface area contributed by atoms with Gasteiger partial charge < -0.3 is 23.7 Å². The second-order valence-corrected chi connectivity index (χ2v) is 18.9. The summed E-state index contributed by atoms with van der Waals surface area (Å²) in [6, 6.07) is 0. The van der Waals surface area contributed by atoms with Crippen LogP contribution >= 0.6 is 0 Å². The van der Waals surface area contributed by atoms with Crippen molar-refractivity contribution in [2.45, 2.75) is 148 Å². The first kappa shape index (κ1) is 31.4. The molecule has 3 rings (SSSR count). The second-order valence-electron chi connectivity index (χ2n) is 13.4. The van der Waals surface area contributed by atoms with Gasteiger partial charge in [-0.2, -0.15) is 0 Å². The maximum Gasteiger partial charge on any atom is 0.308 e. The number of rotatable bonds is 5. The van der Waals surface area contributed by atoms with Crippen LogP contribution in [0.15, 0.2) is 0 Å². The fourth-order valence-corrected chi connectivity index (χ4v) is 12.9. The highest BCUT2D eigenvalue weighted by Gasteiger charge is 2.54. The molecule has 3 saturated heterocycles. The van der Waals surface area contributed by atoms with Crippen LogP contribution in [0.1, 0.15) is 94.9 Å². The van der Waals surface area contributed by atoms with Crippen LogP contribution in [0.4, 0.5) is 0 Å². The van der Waals surface area contributed by atoms with Gasteiger partial charge in [0.05, 0.1) is 30.8 Å². The number of aliphatic hydroxyl groups excluding tert-OH is 1. The zero-order valence-corrected chi connectivity index (χ0v) is 26.0. The molecule has 3 aliphatic heterocycles. The first-order valence-electron chi connectivity index (χ1n) is 14.5. The molecule has 4 bridgehead atoms. The van der Waals surface area contributed by atoms with E-state index in [0.29, 0.717) is 23.0 Å². The lowest BCUT2D eigenvalue weighted by Gasteiger charge is -2.49. The minimum Gasteiger partial charge on any atom is -0.456 e. The van der Waals surface area contributed by atoms with E-state index in [2.05, 4.69) is 41.5 Å². The van der Waals surface area contributed by atoms with Crippen LogP contribution in [-0.4, -0.2) is 67.8 Å². The summed E-state index contributed by atoms with van der Waals surface area (Å²) in [7, 11) is -2.26. The molecule has 38 heavy (non-hydrogen) atoms. The molecule has 0 saturated carbocycles. The molecule has 3 fully saturated rings. The fraction of sp³-hybridized carbons (Fsp3) is 0.897. The Hall–Kier alpha value is -1.13. The number of esters is 1. The first-order valence-corrected chi connectivity index (χ1v) is 16.6. The van der Waals surface area contributed by atoms with E-state index in [-0.39, 0.29) is 31.3 Å². The lowest BCUT2D eigenvalue weighted by atomic mass is 9.78. The van der Waals surface area contributed by atoms with Gasteiger partial charge in [0.2, 0.25) is 19.9 Å². The van der Waals surface area contributed by atoms with Gasteiger partial charge in [-0.25, -0.2) is 0 Å². The van der Waals surface area contributed by atoms with Gasteiger partial charge in [0.1, 0.15) is 0 Å². The number of ether oxygens (including phenoxy) is 3. The number of carbonyl (C=O) groups excluding carboxylic acids is 3. The molecule has 1 N–H and O–H groups in total. The summed E-state index contributed by atoms with van der Waals surface area (Å²) in [5.74, 6) is -2.12. The predicted molar refractivity (Wildman–Crippen MR) is 146 cm³/mol. The molecule has 0 aromatic rings. The Balaban J connectivity index is 1.96. The van der Waals surface area contributed by atoms with Crippen LogP contribution < -0.4 is 0 Å². The van der Waals surface area contributed by atoms with Gasteiger partial charge in [-0.05, 0) is 29.5 Å². The highest BCUT2D eigenvalue weighted by molar-refractivity contribution is 6.77. The van der Waals surface area contributed by atoms with Gasteiger partial charge in [0.25, 0.3) is 0 Å². The summed E-state index contributed by atoms with van der Waals surface area (Å²) in [5, 5.41) is 10.6. The van der Waals surface area contributed by atoms with Gasteiger partial charge in [-0.1, -0.05) is 69.2 Å². The van der Waals surface area contributed by atoms with Crippen molar-refractivity contribution in [1.82, 2.24) is 0 Å². The van der Waals surface area contributed by atoms with Gasteiger partial charge in [0, 0.05) is 23.7 Å². The van der Waals surface area contributed by atoms with Gasteiger partial charge in [-0.3, -0.25) is 14.4 Å². The summed E-state index contributed by atoms with van der Waals surface area (Å²) in [5.41, 5.74) is 0.391. The van der Waals surface area contributed by atoms with Gasteiger partial charge in [0.15, 0.2) is 12.4 Å². The number of Topliss-reactive ketones (excluding diaryl/α,β-unsaturated/α-hetero) is 2. The number of hydrogen-bond acceptors (Lipinski definition) is 8. The predicted octanol–water partition coefficient (Wildman–Crippen LogP) is 4.95. The molecule has 3 heterocycles. The van der Waals surface area contributed by atoms with E-state index in [4.69, 9.17) is 18.6 Å². The van der Waals surface area contributed by atoms with Crippen molar-refractivity contribution in [2.75, 3.05) is 0 Å². The Labute approximate surface area is 229 Å². The summed E-state index contributed by atoms with van der Waals surface area (Å²) < 4.78 is 25.0. The van der Waals surface area contributed by atoms with E-state index in [9.17, 15) is 19.5 Å². The average Bonchev–Trinajstić information content (AvgIpc) is 3.00. The largest absolute Gasteiger partial charge is 0.456 e. The molecule has 3 aliphatic rings. The SMILES string of the molecule is CC(C)[Si](O[C@H]1C[C@H]2CC(=O)C(=O)[C@@H](C)C[C@H]3OC(O)[C@@H](OC(=O)C[C@H](O2)[C@@H]1C)C3(C)C)(C(C)C)C(C)C. The molecule has 8 nitrogen and oxygen atoms in total. The molecule has 0 radical (unpaired) electrons. The smallest absolute Gasteiger partial charge is 0.308 e. The van der Waals surface area contributed by atoms with Crippen LogP contribution in [0.25, 0.3) is 0 Å². The van der Waals surface area contributed by atoms with E-state index >= 15 is 0 Å². The molecule has 0 aromatic carbocycles. The van der Waals surface area contributed by atoms with Crippen LogP contribution in [0.5, 0.6) is 0 Å². The Morgan fingerprint density at radius 3 is 2.05 bits per heavy atom. The lowest BCUT2D eigenvalue weighted by molar-refractivity contribution is -0.182. The molecule has 0 aliphatic carbocycles. The average molecular weight is 555 g/mol. The Kier molecular flexibility index (Phi) is 9.72. The molecule has 9 heteroatoms. The van der Waals surface area contributed by atoms with Crippen molar-refractivity contribution in [3.63, 3.8) is 0 Å². The summed E-state index contributed by atoms with van der Waals surface area (Å²) in [6.07, 6.45) is -3.29. The van der Waals surface area contributed by atoms with Crippen molar-refractivity contribution in [2.24, 2.45) is 17.3 Å². The number of fused-ring (bicyclic) bond motifs is 4. The quantitative estimate of drug-likeness (QED) is 0.289. The third-order valence-corrected chi connectivity index (χ3v) is 15.7. The number of ketones is 2. The van der Waals surface area contributed by atoms with Crippen LogP contribution in [0, 0.1) is 17.3 Å². The Bertz CT molecular complexity index is 862. The number of hydrogen-bond donors (Lipinski definition) is 1. The number of aliphatic hydroxyl groups is 1. The minimum atomic E-state index is -2.26. The van der Waals surface area contributed by atoms with Crippen molar-refractivity contribution < 1.29 is 38.1 Å².